The second-order valence-corrected chi connectivity index (χ2v) is 18.9. The van der Waals surface area contributed by atoms with E-state index >= 15 is 0 Å². The molecule has 66 heavy (non-hydrogen) atoms. The van der Waals surface area contributed by atoms with E-state index in [2.05, 4.69) is 50.6 Å². The van der Waals surface area contributed by atoms with Gasteiger partial charge in [0.05, 0.1) is 25.9 Å². The van der Waals surface area contributed by atoms with E-state index < -0.39 is 42.6 Å². The minimum absolute atomic E-state index is 0.0313. The molecule has 366 valence electrons. The number of fused-ring (bicyclic) bond motifs is 2. The largest absolute Gasteiger partial charge is 0.463 e. The minimum atomic E-state index is -0.728. The summed E-state index contributed by atoms with van der Waals surface area (Å²) in [6, 6.07) is 2.33. The molecule has 1 aliphatic heterocycles. The Morgan fingerprint density at radius 1 is 0.652 bits per heavy atom. The molecule has 7 rings (SSSR count). The van der Waals surface area contributed by atoms with Crippen LogP contribution in [-0.2, 0) is 66.7 Å². The number of carbonyl (C=O) groups excluding carboxylic acids is 6. The summed E-state index contributed by atoms with van der Waals surface area (Å²) in [4.78, 5) is 67.3. The predicted octanol–water partition coefficient (Wildman–Crippen LogP) is 8.52. The maximum absolute atomic E-state index is 11.8. The van der Waals surface area contributed by atoms with Gasteiger partial charge in [0.2, 0.25) is 6.10 Å². The van der Waals surface area contributed by atoms with E-state index in [1.165, 1.54) is 39.0 Å². The van der Waals surface area contributed by atoms with E-state index in [4.69, 9.17) is 38.4 Å². The first-order chi connectivity index (χ1) is 30.9. The maximum Gasteiger partial charge on any atom is 0.347 e. The number of rotatable bonds is 17. The smallest absolute Gasteiger partial charge is 0.347 e. The van der Waals surface area contributed by atoms with Gasteiger partial charge in [0.15, 0.2) is 12.6 Å². The fraction of sp³-hybridized carbons (Fsp3) is 0.667. The van der Waals surface area contributed by atoms with Gasteiger partial charge in [0.1, 0.15) is 11.7 Å². The third kappa shape index (κ3) is 16.7. The molecule has 7 atom stereocenters. The van der Waals surface area contributed by atoms with Crippen LogP contribution in [0, 0.1) is 52.8 Å². The van der Waals surface area contributed by atoms with E-state index in [1.807, 2.05) is 0 Å². The van der Waals surface area contributed by atoms with Gasteiger partial charge >= 0.3 is 35.8 Å². The van der Waals surface area contributed by atoms with Crippen LogP contribution >= 0.6 is 0 Å². The number of esters is 6. The molecule has 0 radical (unpaired) electrons. The summed E-state index contributed by atoms with van der Waals surface area (Å²) in [5, 5.41) is 8.87. The Morgan fingerprint density at radius 2 is 1.11 bits per heavy atom. The monoisotopic (exact) mass is 924 g/mol. The van der Waals surface area contributed by atoms with Gasteiger partial charge in [0, 0.05) is 40.2 Å². The topological polar surface area (TPSA) is 200 Å². The van der Waals surface area contributed by atoms with Crippen molar-refractivity contribution in [3.63, 3.8) is 0 Å². The second-order valence-electron chi connectivity index (χ2n) is 18.9. The number of hydrogen-bond acceptors (Lipinski definition) is 15. The average molecular weight is 924 g/mol. The molecule has 7 aliphatic rings. The van der Waals surface area contributed by atoms with Crippen LogP contribution in [0.25, 0.3) is 0 Å². The Morgan fingerprint density at radius 3 is 1.48 bits per heavy atom. The van der Waals surface area contributed by atoms with Crippen LogP contribution in [0.2, 0.25) is 0 Å². The fourth-order valence-corrected chi connectivity index (χ4v) is 9.42. The van der Waals surface area contributed by atoms with E-state index in [-0.39, 0.29) is 35.1 Å². The second kappa shape index (κ2) is 25.7. The van der Waals surface area contributed by atoms with Crippen molar-refractivity contribution in [1.82, 2.24) is 0 Å². The molecule has 6 bridgehead atoms. The molecule has 0 aromatic carbocycles. The zero-order valence-electron chi connectivity index (χ0n) is 40.4. The van der Waals surface area contributed by atoms with E-state index in [9.17, 15) is 28.8 Å². The van der Waals surface area contributed by atoms with Crippen LogP contribution in [0.3, 0.4) is 0 Å². The van der Waals surface area contributed by atoms with Crippen molar-refractivity contribution in [2.24, 2.45) is 41.4 Å². The lowest BCUT2D eigenvalue weighted by atomic mass is 9.50. The fourth-order valence-electron chi connectivity index (χ4n) is 9.42. The quantitative estimate of drug-likeness (QED) is 0.0442. The molecule has 15 nitrogen and oxygen atoms in total. The Bertz CT molecular complexity index is 1810. The standard InChI is InChI=1S/C16H26O6.C15H22O2.C12H15NO2.C8H10O4/c1-11(2)15(17)21-13(5)19-9-7-8-10-20-14(6)22-16(18)12(3)4;1-9(2)14(16)17-15(3)12-5-10-4-11(7-12)8-13(15)6-10;1-7(2)12(14)15-11-5-8-3-9(11)4-10(8)6-13;1-5(2)7(9)12-6-3-4-11-8(6)10/h13-14H,1,3,7-10H2,2,4-6H3;10-13H,1,4-8H2,2-3H3;8-11H,1,3-5H2,2H3;6H,1,3-4H2,2H3. The van der Waals surface area contributed by atoms with Crippen LogP contribution < -0.4 is 0 Å². The van der Waals surface area contributed by atoms with E-state index in [0.717, 1.165) is 43.9 Å². The van der Waals surface area contributed by atoms with Crippen LogP contribution in [-0.4, -0.2) is 86.0 Å². The summed E-state index contributed by atoms with van der Waals surface area (Å²) in [6.45, 7) is 32.4. The third-order valence-electron chi connectivity index (χ3n) is 13.0. The normalized spacial score (nSPS) is 28.9. The van der Waals surface area contributed by atoms with Crippen molar-refractivity contribution in [2.45, 2.75) is 156 Å². The third-order valence-corrected chi connectivity index (χ3v) is 13.0. The van der Waals surface area contributed by atoms with Gasteiger partial charge in [-0.15, -0.1) is 0 Å². The SMILES string of the molecule is C=C(C)C(=O)OC(C)OCCCCOC(C)OC(=O)C(=C)C.C=C(C)C(=O)OC1(C)C2CC3CC(C2)CC1C3.C=C(C)C(=O)OC1CC2CC1CC2C#N.C=C(C)C(=O)OC1CCOC1=O. The maximum atomic E-state index is 11.8. The molecule has 15 heteroatoms. The van der Waals surface area contributed by atoms with Crippen molar-refractivity contribution in [3.05, 3.63) is 60.8 Å². The first kappa shape index (κ1) is 55.3. The lowest BCUT2D eigenvalue weighted by molar-refractivity contribution is -0.199. The number of ether oxygens (including phenoxy) is 8. The van der Waals surface area contributed by atoms with Crippen LogP contribution in [0.1, 0.15) is 126 Å². The van der Waals surface area contributed by atoms with Gasteiger partial charge in [-0.05, 0) is 155 Å². The molecule has 0 amide bonds. The van der Waals surface area contributed by atoms with Crippen LogP contribution in [0.4, 0.5) is 0 Å². The zero-order chi connectivity index (χ0) is 49.5. The van der Waals surface area contributed by atoms with Gasteiger partial charge in [-0.3, -0.25) is 0 Å². The molecular weight excluding hydrogens is 851 g/mol. The molecule has 0 N–H and O–H groups in total. The Hall–Kier alpha value is -5.07. The van der Waals surface area contributed by atoms with Gasteiger partial charge in [-0.2, -0.15) is 5.26 Å². The molecular formula is C51H73NO14. The predicted molar refractivity (Wildman–Crippen MR) is 243 cm³/mol. The highest BCUT2D eigenvalue weighted by molar-refractivity contribution is 5.90. The molecule has 6 saturated carbocycles. The number of nitriles is 1. The van der Waals surface area contributed by atoms with Crippen LogP contribution in [0.15, 0.2) is 60.8 Å². The molecule has 1 heterocycles. The minimum Gasteiger partial charge on any atom is -0.463 e. The molecule has 0 spiro atoms. The van der Waals surface area contributed by atoms with Crippen molar-refractivity contribution in [2.75, 3.05) is 19.8 Å². The first-order valence-corrected chi connectivity index (χ1v) is 23.1. The number of hydrogen-bond donors (Lipinski definition) is 0. The van der Waals surface area contributed by atoms with Crippen molar-refractivity contribution < 1.29 is 66.7 Å². The zero-order valence-corrected chi connectivity index (χ0v) is 40.4. The van der Waals surface area contributed by atoms with E-state index in [0.29, 0.717) is 72.2 Å². The highest BCUT2D eigenvalue weighted by Crippen LogP contribution is 2.59. The molecule has 7 fully saturated rings. The first-order valence-electron chi connectivity index (χ1n) is 23.1. The summed E-state index contributed by atoms with van der Waals surface area (Å²) < 4.78 is 41.1. The number of nitrogens with zero attached hydrogens (tertiary/aromatic N) is 1. The molecule has 0 aromatic rings. The Balaban J connectivity index is 0.000000238. The lowest BCUT2D eigenvalue weighted by Crippen LogP contribution is -2.58. The summed E-state index contributed by atoms with van der Waals surface area (Å²) in [5.74, 6) is 1.63. The summed E-state index contributed by atoms with van der Waals surface area (Å²) in [7, 11) is 0. The van der Waals surface area contributed by atoms with Gasteiger partial charge < -0.3 is 37.9 Å². The number of carbonyl (C=O) groups is 6. The summed E-state index contributed by atoms with van der Waals surface area (Å²) in [5.41, 5.74) is 1.73. The van der Waals surface area contributed by atoms with Gasteiger partial charge in [0.25, 0.3) is 0 Å². The Labute approximate surface area is 391 Å². The van der Waals surface area contributed by atoms with Crippen molar-refractivity contribution in [3.8, 4) is 6.07 Å². The molecule has 6 aliphatic carbocycles. The Kier molecular flexibility index (Phi) is 21.5. The van der Waals surface area contributed by atoms with Crippen molar-refractivity contribution in [1.29, 1.82) is 5.26 Å². The number of unbranched alkanes of at least 4 members (excludes halogenated alkanes) is 1. The molecule has 7 unspecified atom stereocenters. The molecule has 1 saturated heterocycles. The highest BCUT2D eigenvalue weighted by Gasteiger charge is 2.57. The van der Waals surface area contributed by atoms with Gasteiger partial charge in [-0.25, -0.2) is 28.8 Å². The lowest BCUT2D eigenvalue weighted by Gasteiger charge is -2.59. The summed E-state index contributed by atoms with van der Waals surface area (Å²) >= 11 is 0. The number of cyclic esters (lactones) is 1. The average Bonchev–Trinajstić information content (AvgIpc) is 3.97. The summed E-state index contributed by atoms with van der Waals surface area (Å²) in [6.07, 6.45) is 9.31. The van der Waals surface area contributed by atoms with Gasteiger partial charge in [-0.1, -0.05) is 32.9 Å². The highest BCUT2D eigenvalue weighted by atomic mass is 16.7. The van der Waals surface area contributed by atoms with Crippen LogP contribution in [0.5, 0.6) is 0 Å². The molecule has 0 aromatic heterocycles. The van der Waals surface area contributed by atoms with Crippen molar-refractivity contribution >= 4 is 35.8 Å². The van der Waals surface area contributed by atoms with E-state index in [1.54, 1.807) is 41.5 Å².